The minimum atomic E-state index is -0.358. The Morgan fingerprint density at radius 1 is 1.47 bits per heavy atom. The van der Waals surface area contributed by atoms with Crippen LogP contribution >= 0.6 is 34.9 Å². The molecule has 0 spiro atoms. The van der Waals surface area contributed by atoms with Crippen molar-refractivity contribution in [1.82, 2.24) is 19.6 Å². The number of nitrogens with zero attached hydrogens (tertiary/aromatic N) is 4. The molecule has 0 aliphatic rings. The summed E-state index contributed by atoms with van der Waals surface area (Å²) in [5.74, 6) is 0.928. The van der Waals surface area contributed by atoms with Crippen LogP contribution in [0, 0.1) is 0 Å². The summed E-state index contributed by atoms with van der Waals surface area (Å²) in [6.45, 7) is 2.04. The Labute approximate surface area is 98.3 Å². The van der Waals surface area contributed by atoms with Gasteiger partial charge in [-0.1, -0.05) is 41.8 Å². The highest BCUT2D eigenvalue weighted by Gasteiger charge is 2.09. The van der Waals surface area contributed by atoms with Crippen molar-refractivity contribution in [3.8, 4) is 0 Å². The van der Waals surface area contributed by atoms with Crippen molar-refractivity contribution in [3.63, 3.8) is 0 Å². The minimum absolute atomic E-state index is 0.358. The molecule has 2 aromatic rings. The van der Waals surface area contributed by atoms with E-state index in [0.717, 1.165) is 10.1 Å². The van der Waals surface area contributed by atoms with Crippen LogP contribution in [0.1, 0.15) is 6.92 Å². The summed E-state index contributed by atoms with van der Waals surface area (Å²) in [7, 11) is 0. The lowest BCUT2D eigenvalue weighted by atomic mass is 11.0. The van der Waals surface area contributed by atoms with Gasteiger partial charge < -0.3 is 0 Å². The molecule has 0 saturated heterocycles. The van der Waals surface area contributed by atoms with Gasteiger partial charge in [0.1, 0.15) is 0 Å². The van der Waals surface area contributed by atoms with Gasteiger partial charge in [0.25, 0.3) is 0 Å². The Morgan fingerprint density at radius 3 is 2.93 bits per heavy atom. The van der Waals surface area contributed by atoms with Crippen LogP contribution < -0.4 is 5.69 Å². The van der Waals surface area contributed by atoms with E-state index in [2.05, 4.69) is 15.1 Å². The molecule has 0 aromatic carbocycles. The van der Waals surface area contributed by atoms with Crippen molar-refractivity contribution < 1.29 is 0 Å². The Kier molecular flexibility index (Phi) is 3.27. The van der Waals surface area contributed by atoms with Crippen molar-refractivity contribution in [2.45, 2.75) is 16.4 Å². The third-order valence-electron chi connectivity index (χ3n) is 1.56. The molecule has 2 rings (SSSR count). The number of fused-ring (bicyclic) bond motifs is 1. The number of aromatic nitrogens is 4. The zero-order valence-electron chi connectivity index (χ0n) is 8.13. The molecule has 15 heavy (non-hydrogen) atoms. The Hall–Kier alpha value is -0.600. The monoisotopic (exact) mass is 260 g/mol. The highest BCUT2D eigenvalue weighted by molar-refractivity contribution is 8.01. The van der Waals surface area contributed by atoms with Crippen molar-refractivity contribution in [1.29, 1.82) is 0 Å². The quantitative estimate of drug-likeness (QED) is 0.777. The molecule has 0 bridgehead atoms. The van der Waals surface area contributed by atoms with E-state index in [4.69, 9.17) is 0 Å². The second kappa shape index (κ2) is 4.50. The van der Waals surface area contributed by atoms with E-state index in [1.54, 1.807) is 11.8 Å². The van der Waals surface area contributed by atoms with E-state index in [1.165, 1.54) is 27.6 Å². The molecule has 5 nitrogen and oxygen atoms in total. The van der Waals surface area contributed by atoms with Gasteiger partial charge >= 0.3 is 5.69 Å². The van der Waals surface area contributed by atoms with Crippen LogP contribution in [0.25, 0.3) is 4.96 Å². The molecule has 8 heteroatoms. The fourth-order valence-electron chi connectivity index (χ4n) is 0.970. The molecule has 2 heterocycles. The van der Waals surface area contributed by atoms with E-state index < -0.39 is 0 Å². The zero-order valence-corrected chi connectivity index (χ0v) is 10.6. The maximum absolute atomic E-state index is 11.5. The molecule has 0 unspecified atom stereocenters. The van der Waals surface area contributed by atoms with Crippen molar-refractivity contribution in [3.05, 3.63) is 10.5 Å². The van der Waals surface area contributed by atoms with Gasteiger partial charge in [0.05, 0.1) is 0 Å². The van der Waals surface area contributed by atoms with Crippen LogP contribution in [0.15, 0.2) is 14.3 Å². The molecule has 80 valence electrons. The van der Waals surface area contributed by atoms with Gasteiger partial charge in [-0.2, -0.15) is 9.97 Å². The number of rotatable bonds is 3. The van der Waals surface area contributed by atoms with Gasteiger partial charge in [-0.25, -0.2) is 4.79 Å². The SMILES string of the molecule is CCSc1nn2c(=O)nc(SC)nc2s1. The van der Waals surface area contributed by atoms with Gasteiger partial charge in [-0.05, 0) is 12.0 Å². The molecule has 0 radical (unpaired) electrons. The molecule has 0 aliphatic heterocycles. The van der Waals surface area contributed by atoms with Crippen LogP contribution in [0.3, 0.4) is 0 Å². The van der Waals surface area contributed by atoms with E-state index in [-0.39, 0.29) is 5.69 Å². The van der Waals surface area contributed by atoms with Crippen molar-refractivity contribution in [2.75, 3.05) is 12.0 Å². The molecule has 0 fully saturated rings. The molecular weight excluding hydrogens is 252 g/mol. The first-order valence-corrected chi connectivity index (χ1v) is 7.22. The van der Waals surface area contributed by atoms with Crippen LogP contribution in [0.5, 0.6) is 0 Å². The summed E-state index contributed by atoms with van der Waals surface area (Å²) in [4.78, 5) is 20.1. The Bertz CT molecular complexity index is 535. The van der Waals surface area contributed by atoms with Crippen LogP contribution in [0.2, 0.25) is 0 Å². The van der Waals surface area contributed by atoms with Gasteiger partial charge in [-0.15, -0.1) is 9.61 Å². The minimum Gasteiger partial charge on any atom is -0.243 e. The van der Waals surface area contributed by atoms with Crippen molar-refractivity contribution >= 4 is 39.8 Å². The lowest BCUT2D eigenvalue weighted by Gasteiger charge is -1.91. The summed E-state index contributed by atoms with van der Waals surface area (Å²) in [6, 6.07) is 0. The first kappa shape index (κ1) is 10.9. The molecule has 2 aromatic heterocycles. The van der Waals surface area contributed by atoms with E-state index >= 15 is 0 Å². The standard InChI is InChI=1S/C7H8N4OS3/c1-3-14-7-10-11-5(12)8-4(13-2)9-6(11)15-7/h3H2,1-2H3. The Morgan fingerprint density at radius 2 is 2.27 bits per heavy atom. The highest BCUT2D eigenvalue weighted by Crippen LogP contribution is 2.23. The van der Waals surface area contributed by atoms with E-state index in [0.29, 0.717) is 10.1 Å². The van der Waals surface area contributed by atoms with E-state index in [9.17, 15) is 4.79 Å². The highest BCUT2D eigenvalue weighted by atomic mass is 32.2. The number of hydrogen-bond acceptors (Lipinski definition) is 7. The van der Waals surface area contributed by atoms with Crippen LogP contribution in [-0.2, 0) is 0 Å². The molecule has 0 N–H and O–H groups in total. The molecule has 0 aliphatic carbocycles. The smallest absolute Gasteiger partial charge is 0.243 e. The molecular formula is C7H8N4OS3. The van der Waals surface area contributed by atoms with Gasteiger partial charge in [0.15, 0.2) is 9.50 Å². The molecule has 0 amide bonds. The van der Waals surface area contributed by atoms with Crippen LogP contribution in [-0.4, -0.2) is 31.6 Å². The van der Waals surface area contributed by atoms with Crippen molar-refractivity contribution in [2.24, 2.45) is 0 Å². The second-order valence-electron chi connectivity index (χ2n) is 2.49. The first-order valence-electron chi connectivity index (χ1n) is 4.19. The molecule has 0 saturated carbocycles. The normalized spacial score (nSPS) is 11.1. The zero-order chi connectivity index (χ0) is 10.8. The number of hydrogen-bond donors (Lipinski definition) is 0. The first-order chi connectivity index (χ1) is 7.24. The van der Waals surface area contributed by atoms with Gasteiger partial charge in [0.2, 0.25) is 4.96 Å². The fourth-order valence-corrected chi connectivity index (χ4v) is 3.19. The summed E-state index contributed by atoms with van der Waals surface area (Å²) < 4.78 is 2.10. The Balaban J connectivity index is 2.59. The average molecular weight is 260 g/mol. The number of thioether (sulfide) groups is 2. The average Bonchev–Trinajstić information content (AvgIpc) is 2.61. The maximum atomic E-state index is 11.5. The summed E-state index contributed by atoms with van der Waals surface area (Å²) >= 11 is 4.37. The van der Waals surface area contributed by atoms with E-state index in [1.807, 2.05) is 13.2 Å². The predicted octanol–water partition coefficient (Wildman–Crippen LogP) is 1.38. The second-order valence-corrected chi connectivity index (χ2v) is 5.73. The van der Waals surface area contributed by atoms with Crippen LogP contribution in [0.4, 0.5) is 0 Å². The summed E-state index contributed by atoms with van der Waals surface area (Å²) in [5, 5.41) is 4.63. The third kappa shape index (κ3) is 2.16. The summed E-state index contributed by atoms with van der Waals surface area (Å²) in [6.07, 6.45) is 1.84. The lowest BCUT2D eigenvalue weighted by Crippen LogP contribution is -2.18. The lowest BCUT2D eigenvalue weighted by molar-refractivity contribution is 0.768. The fraction of sp³-hybridized carbons (Fsp3) is 0.429. The van der Waals surface area contributed by atoms with Gasteiger partial charge in [0, 0.05) is 0 Å². The molecule has 0 atom stereocenters. The van der Waals surface area contributed by atoms with Gasteiger partial charge in [-0.3, -0.25) is 0 Å². The predicted molar refractivity (Wildman–Crippen MR) is 63.1 cm³/mol. The largest absolute Gasteiger partial charge is 0.373 e. The third-order valence-corrected chi connectivity index (χ3v) is 4.03. The topological polar surface area (TPSA) is 60.2 Å². The maximum Gasteiger partial charge on any atom is 0.373 e. The summed E-state index contributed by atoms with van der Waals surface area (Å²) in [5.41, 5.74) is -0.358.